The van der Waals surface area contributed by atoms with E-state index in [9.17, 15) is 4.79 Å². The Morgan fingerprint density at radius 3 is 2.40 bits per heavy atom. The van der Waals surface area contributed by atoms with Crippen molar-refractivity contribution in [2.75, 3.05) is 0 Å². The van der Waals surface area contributed by atoms with Gasteiger partial charge in [0.25, 0.3) is 0 Å². The van der Waals surface area contributed by atoms with Gasteiger partial charge in [0, 0.05) is 6.08 Å². The average molecular weight is 274 g/mol. The van der Waals surface area contributed by atoms with Crippen LogP contribution in [0.3, 0.4) is 0 Å². The number of aliphatic hydroxyl groups excluding tert-OH is 1. The normalized spacial score (nSPS) is 15.2. The molecule has 1 fully saturated rings. The number of carbonyl (C=O) groups is 1. The van der Waals surface area contributed by atoms with Crippen molar-refractivity contribution in [3.63, 3.8) is 0 Å². The Hall–Kier alpha value is -2.03. The van der Waals surface area contributed by atoms with Crippen molar-refractivity contribution in [1.82, 2.24) is 0 Å². The number of rotatable bonds is 3. The molecule has 2 rings (SSSR count). The molecule has 0 bridgehead atoms. The molecule has 1 aliphatic rings. The minimum Gasteiger partial charge on any atom is -0.516 e. The Bertz CT molecular complexity index is 417. The topological polar surface area (TPSA) is 46.5 Å². The summed E-state index contributed by atoms with van der Waals surface area (Å²) >= 11 is 0. The molecule has 1 N–H and O–H groups in total. The first kappa shape index (κ1) is 16.0. The molecular weight excluding hydrogens is 252 g/mol. The van der Waals surface area contributed by atoms with Crippen LogP contribution in [0.2, 0.25) is 0 Å². The van der Waals surface area contributed by atoms with Gasteiger partial charge >= 0.3 is 5.97 Å². The molecule has 0 saturated heterocycles. The van der Waals surface area contributed by atoms with Crippen LogP contribution in [0.25, 0.3) is 6.08 Å². The average Bonchev–Trinajstić information content (AvgIpc) is 2.50. The van der Waals surface area contributed by atoms with E-state index in [2.05, 4.69) is 6.58 Å². The molecule has 1 aromatic rings. The second-order valence-corrected chi connectivity index (χ2v) is 4.63. The maximum Gasteiger partial charge on any atom is 0.330 e. The van der Waals surface area contributed by atoms with Gasteiger partial charge in [-0.2, -0.15) is 0 Å². The van der Waals surface area contributed by atoms with Gasteiger partial charge in [0.1, 0.15) is 6.10 Å². The molecule has 1 saturated carbocycles. The number of aliphatic hydroxyl groups is 1. The smallest absolute Gasteiger partial charge is 0.330 e. The molecule has 0 radical (unpaired) electrons. The Balaban J connectivity index is 0.000000204. The van der Waals surface area contributed by atoms with E-state index in [1.165, 1.54) is 25.3 Å². The molecule has 108 valence electrons. The predicted molar refractivity (Wildman–Crippen MR) is 81.3 cm³/mol. The molecule has 0 spiro atoms. The summed E-state index contributed by atoms with van der Waals surface area (Å²) in [5, 5.41) is 8.34. The first-order valence-electron chi connectivity index (χ1n) is 6.95. The number of hydrogen-bond donors (Lipinski definition) is 1. The van der Waals surface area contributed by atoms with Gasteiger partial charge < -0.3 is 9.84 Å². The number of esters is 1. The molecule has 0 amide bonds. The first-order chi connectivity index (χ1) is 9.76. The molecule has 0 aromatic heterocycles. The van der Waals surface area contributed by atoms with Crippen LogP contribution in [-0.2, 0) is 9.53 Å². The largest absolute Gasteiger partial charge is 0.516 e. The highest BCUT2D eigenvalue weighted by molar-refractivity contribution is 5.81. The molecule has 1 aliphatic carbocycles. The summed E-state index contributed by atoms with van der Waals surface area (Å²) in [5.41, 5.74) is 1.01. The summed E-state index contributed by atoms with van der Waals surface area (Å²) in [4.78, 5) is 10.7. The highest BCUT2D eigenvalue weighted by Gasteiger charge is 2.15. The summed E-state index contributed by atoms with van der Waals surface area (Å²) in [7, 11) is 0. The van der Waals surface area contributed by atoms with E-state index < -0.39 is 0 Å². The number of carbonyl (C=O) groups excluding carboxylic acids is 1. The van der Waals surface area contributed by atoms with Gasteiger partial charge in [-0.1, -0.05) is 43.3 Å². The van der Waals surface area contributed by atoms with Gasteiger partial charge in [0.15, 0.2) is 0 Å². The van der Waals surface area contributed by atoms with Crippen molar-refractivity contribution in [3.8, 4) is 0 Å². The van der Waals surface area contributed by atoms with Crippen molar-refractivity contribution >= 4 is 12.0 Å². The first-order valence-corrected chi connectivity index (χ1v) is 6.95. The van der Waals surface area contributed by atoms with E-state index in [0.29, 0.717) is 0 Å². The van der Waals surface area contributed by atoms with Crippen LogP contribution in [0.15, 0.2) is 49.2 Å². The zero-order valence-corrected chi connectivity index (χ0v) is 11.7. The second kappa shape index (κ2) is 9.84. The lowest BCUT2D eigenvalue weighted by Gasteiger charge is -2.20. The third-order valence-electron chi connectivity index (χ3n) is 3.07. The van der Waals surface area contributed by atoms with Gasteiger partial charge in [-0.15, -0.1) is 0 Å². The zero-order chi connectivity index (χ0) is 14.6. The Morgan fingerprint density at radius 1 is 1.20 bits per heavy atom. The summed E-state index contributed by atoms with van der Waals surface area (Å²) in [6, 6.07) is 9.64. The Kier molecular flexibility index (Phi) is 7.89. The number of hydrogen-bond acceptors (Lipinski definition) is 3. The molecule has 0 aliphatic heterocycles. The van der Waals surface area contributed by atoms with Crippen molar-refractivity contribution in [1.29, 1.82) is 0 Å². The highest BCUT2D eigenvalue weighted by atomic mass is 16.5. The molecular formula is C17H22O3. The number of benzene rings is 1. The van der Waals surface area contributed by atoms with E-state index in [1.807, 2.05) is 30.3 Å². The SMILES string of the molecule is C=CC(=O)OC1CCCCC1.OC=Cc1ccccc1. The maximum absolute atomic E-state index is 10.7. The Labute approximate surface area is 120 Å². The molecule has 0 heterocycles. The molecule has 3 nitrogen and oxygen atoms in total. The van der Waals surface area contributed by atoms with Crippen molar-refractivity contribution < 1.29 is 14.6 Å². The van der Waals surface area contributed by atoms with E-state index in [1.54, 1.807) is 6.08 Å². The summed E-state index contributed by atoms with van der Waals surface area (Å²) in [6.45, 7) is 3.35. The van der Waals surface area contributed by atoms with Crippen LogP contribution >= 0.6 is 0 Å². The predicted octanol–water partition coefficient (Wildman–Crippen LogP) is 4.26. The van der Waals surface area contributed by atoms with Gasteiger partial charge in [-0.25, -0.2) is 4.79 Å². The summed E-state index contributed by atoms with van der Waals surface area (Å²) in [6.07, 6.45) is 9.78. The van der Waals surface area contributed by atoms with E-state index in [0.717, 1.165) is 24.7 Å². The van der Waals surface area contributed by atoms with Crippen LogP contribution in [0.1, 0.15) is 37.7 Å². The van der Waals surface area contributed by atoms with Crippen molar-refractivity contribution in [2.24, 2.45) is 0 Å². The van der Waals surface area contributed by atoms with Crippen LogP contribution in [0.4, 0.5) is 0 Å². The van der Waals surface area contributed by atoms with Crippen molar-refractivity contribution in [2.45, 2.75) is 38.2 Å². The minimum absolute atomic E-state index is 0.161. The van der Waals surface area contributed by atoms with Crippen LogP contribution < -0.4 is 0 Å². The van der Waals surface area contributed by atoms with Gasteiger partial charge in [-0.3, -0.25) is 0 Å². The molecule has 3 heteroatoms. The van der Waals surface area contributed by atoms with E-state index in [4.69, 9.17) is 9.84 Å². The quantitative estimate of drug-likeness (QED) is 0.509. The lowest BCUT2D eigenvalue weighted by Crippen LogP contribution is -2.19. The maximum atomic E-state index is 10.7. The fourth-order valence-electron chi connectivity index (χ4n) is 2.05. The van der Waals surface area contributed by atoms with Crippen molar-refractivity contribution in [3.05, 3.63) is 54.8 Å². The van der Waals surface area contributed by atoms with Gasteiger partial charge in [0.2, 0.25) is 0 Å². The van der Waals surface area contributed by atoms with Gasteiger partial charge in [-0.05, 0) is 37.3 Å². The van der Waals surface area contributed by atoms with Gasteiger partial charge in [0.05, 0.1) is 6.26 Å². The highest BCUT2D eigenvalue weighted by Crippen LogP contribution is 2.20. The van der Waals surface area contributed by atoms with E-state index in [-0.39, 0.29) is 12.1 Å². The fourth-order valence-corrected chi connectivity index (χ4v) is 2.05. The zero-order valence-electron chi connectivity index (χ0n) is 11.7. The monoisotopic (exact) mass is 274 g/mol. The molecule has 0 atom stereocenters. The summed E-state index contributed by atoms with van der Waals surface area (Å²) < 4.78 is 5.08. The second-order valence-electron chi connectivity index (χ2n) is 4.63. The van der Waals surface area contributed by atoms with E-state index >= 15 is 0 Å². The number of ether oxygens (including phenoxy) is 1. The lowest BCUT2D eigenvalue weighted by atomic mass is 9.98. The third kappa shape index (κ3) is 6.78. The summed E-state index contributed by atoms with van der Waals surface area (Å²) in [5.74, 6) is -0.281. The molecule has 20 heavy (non-hydrogen) atoms. The lowest BCUT2D eigenvalue weighted by molar-refractivity contribution is -0.144. The van der Waals surface area contributed by atoms with Crippen LogP contribution in [0.5, 0.6) is 0 Å². The Morgan fingerprint density at radius 2 is 1.85 bits per heavy atom. The fraction of sp³-hybridized carbons (Fsp3) is 0.353. The third-order valence-corrected chi connectivity index (χ3v) is 3.07. The van der Waals surface area contributed by atoms with Crippen LogP contribution in [0, 0.1) is 0 Å². The molecule has 0 unspecified atom stereocenters. The van der Waals surface area contributed by atoms with Crippen LogP contribution in [-0.4, -0.2) is 17.2 Å². The minimum atomic E-state index is -0.281. The molecule has 1 aromatic carbocycles. The standard InChI is InChI=1S/C9H14O2.C8H8O/c1-2-9(10)11-8-6-4-3-5-7-8;9-7-6-8-4-2-1-3-5-8/h2,8H,1,3-7H2;1-7,9H.